The lowest BCUT2D eigenvalue weighted by atomic mass is 9.88. The van der Waals surface area contributed by atoms with Crippen LogP contribution in [-0.4, -0.2) is 32.7 Å². The Morgan fingerprint density at radius 2 is 2.00 bits per heavy atom. The molecule has 0 radical (unpaired) electrons. The van der Waals surface area contributed by atoms with Crippen molar-refractivity contribution in [1.29, 1.82) is 0 Å². The van der Waals surface area contributed by atoms with Crippen LogP contribution in [0.2, 0.25) is 0 Å². The zero-order valence-corrected chi connectivity index (χ0v) is 20.3. The molecule has 7 nitrogen and oxygen atoms in total. The number of hydrogen-bond acceptors (Lipinski definition) is 6. The molecule has 172 valence electrons. The van der Waals surface area contributed by atoms with Crippen molar-refractivity contribution in [3.63, 3.8) is 0 Å². The van der Waals surface area contributed by atoms with Gasteiger partial charge in [-0.25, -0.2) is 9.97 Å². The maximum Gasteiger partial charge on any atom is 0.255 e. The fraction of sp³-hybridized carbons (Fsp3) is 0.360. The number of fused-ring (bicyclic) bond motifs is 1. The van der Waals surface area contributed by atoms with Gasteiger partial charge in [0.2, 0.25) is 0 Å². The number of thiophene rings is 1. The van der Waals surface area contributed by atoms with Crippen LogP contribution in [0, 0.1) is 12.3 Å². The van der Waals surface area contributed by atoms with E-state index in [0.29, 0.717) is 40.1 Å². The fourth-order valence-corrected chi connectivity index (χ4v) is 4.21. The number of aromatic amines is 1. The third-order valence-corrected chi connectivity index (χ3v) is 6.95. The lowest BCUT2D eigenvalue weighted by Gasteiger charge is -2.27. The summed E-state index contributed by atoms with van der Waals surface area (Å²) in [4.78, 5) is 39.2. The molecule has 4 aromatic heterocycles. The summed E-state index contributed by atoms with van der Waals surface area (Å²) in [5.41, 5.74) is 2.09. The molecule has 4 aromatic rings. The van der Waals surface area contributed by atoms with Crippen molar-refractivity contribution in [2.45, 2.75) is 53.5 Å². The molecule has 0 saturated carbocycles. The summed E-state index contributed by atoms with van der Waals surface area (Å²) in [6.45, 7) is 10.1. The van der Waals surface area contributed by atoms with Crippen LogP contribution in [-0.2, 0) is 6.42 Å². The van der Waals surface area contributed by atoms with Gasteiger partial charge in [-0.2, -0.15) is 0 Å². The van der Waals surface area contributed by atoms with Crippen LogP contribution < -0.4 is 5.32 Å². The quantitative estimate of drug-likeness (QED) is 0.348. The molecular formula is C25H28N4O3S. The second-order valence-corrected chi connectivity index (χ2v) is 10.4. The Morgan fingerprint density at radius 3 is 2.70 bits per heavy atom. The van der Waals surface area contributed by atoms with E-state index in [1.807, 2.05) is 38.1 Å². The molecule has 0 aliphatic rings. The average Bonchev–Trinajstić information content (AvgIpc) is 3.50. The van der Waals surface area contributed by atoms with Crippen molar-refractivity contribution in [3.05, 3.63) is 58.6 Å². The molecule has 4 rings (SSSR count). The Kier molecular flexibility index (Phi) is 6.21. The molecule has 8 heteroatoms. The summed E-state index contributed by atoms with van der Waals surface area (Å²) in [6.07, 6.45) is 4.25. The number of Topliss-reactive ketones (excluding diaryl/α,β-unsaturated/α-hetero) is 1. The van der Waals surface area contributed by atoms with Gasteiger partial charge in [0.05, 0.1) is 27.2 Å². The first kappa shape index (κ1) is 22.9. The zero-order valence-electron chi connectivity index (χ0n) is 19.5. The van der Waals surface area contributed by atoms with Gasteiger partial charge in [0, 0.05) is 25.1 Å². The number of furan rings is 1. The highest BCUT2D eigenvalue weighted by Crippen LogP contribution is 2.29. The van der Waals surface area contributed by atoms with Crippen molar-refractivity contribution in [3.8, 4) is 10.6 Å². The maximum atomic E-state index is 12.9. The van der Waals surface area contributed by atoms with Crippen molar-refractivity contribution in [2.75, 3.05) is 0 Å². The second kappa shape index (κ2) is 8.94. The number of nitrogens with zero attached hydrogens (tertiary/aromatic N) is 2. The lowest BCUT2D eigenvalue weighted by Crippen LogP contribution is -2.41. The number of amides is 1. The molecule has 2 N–H and O–H groups in total. The maximum absolute atomic E-state index is 12.9. The zero-order chi connectivity index (χ0) is 23.8. The van der Waals surface area contributed by atoms with E-state index in [9.17, 15) is 9.59 Å². The second-order valence-electron chi connectivity index (χ2n) is 9.32. The number of aryl methyl sites for hydroxylation is 2. The SMILES string of the molecule is Cc1ccc(CCC(=O)c2ccc(-c3cnc4[nH]cc(C(=O)N[C@@H](C)C(C)(C)C)c4n3)s2)o1. The standard InChI is InChI=1S/C25H28N4O3S/c1-14-6-7-16(32-14)8-9-19(30)21-11-10-20(33-21)18-13-27-23-22(29-18)17(12-26-23)24(31)28-15(2)25(3,4)5/h6-7,10-13,15H,8-9H2,1-5H3,(H,26,27)(H,28,31)/t15-/m0/s1. The molecule has 1 amide bonds. The Morgan fingerprint density at radius 1 is 1.21 bits per heavy atom. The van der Waals surface area contributed by atoms with Crippen LogP contribution in [0.4, 0.5) is 0 Å². The van der Waals surface area contributed by atoms with E-state index in [4.69, 9.17) is 9.40 Å². The molecule has 0 aromatic carbocycles. The summed E-state index contributed by atoms with van der Waals surface area (Å²) in [5.74, 6) is 1.53. The largest absolute Gasteiger partial charge is 0.466 e. The van der Waals surface area contributed by atoms with Gasteiger partial charge in [-0.3, -0.25) is 9.59 Å². The van der Waals surface area contributed by atoms with E-state index in [1.54, 1.807) is 12.4 Å². The predicted molar refractivity (Wildman–Crippen MR) is 130 cm³/mol. The molecule has 0 spiro atoms. The first-order valence-electron chi connectivity index (χ1n) is 11.0. The summed E-state index contributed by atoms with van der Waals surface area (Å²) >= 11 is 1.38. The van der Waals surface area contributed by atoms with Gasteiger partial charge >= 0.3 is 0 Å². The lowest BCUT2D eigenvalue weighted by molar-refractivity contribution is 0.0911. The summed E-state index contributed by atoms with van der Waals surface area (Å²) in [6, 6.07) is 7.48. The highest BCUT2D eigenvalue weighted by Gasteiger charge is 2.24. The van der Waals surface area contributed by atoms with E-state index in [0.717, 1.165) is 16.4 Å². The van der Waals surface area contributed by atoms with Crippen LogP contribution in [0.5, 0.6) is 0 Å². The minimum absolute atomic E-state index is 0.0120. The summed E-state index contributed by atoms with van der Waals surface area (Å²) < 4.78 is 5.55. The molecule has 0 unspecified atom stereocenters. The van der Waals surface area contributed by atoms with Gasteiger partial charge in [-0.05, 0) is 43.5 Å². The Labute approximate surface area is 196 Å². The Balaban J connectivity index is 1.52. The van der Waals surface area contributed by atoms with Crippen molar-refractivity contribution in [1.82, 2.24) is 20.3 Å². The van der Waals surface area contributed by atoms with Gasteiger partial charge in [0.15, 0.2) is 11.4 Å². The monoisotopic (exact) mass is 464 g/mol. The fourth-order valence-electron chi connectivity index (χ4n) is 3.28. The number of aromatic nitrogens is 3. The average molecular weight is 465 g/mol. The minimum atomic E-state index is -0.190. The van der Waals surface area contributed by atoms with Crippen molar-refractivity contribution in [2.24, 2.45) is 5.41 Å². The number of carbonyl (C=O) groups is 2. The van der Waals surface area contributed by atoms with Gasteiger partial charge in [-0.15, -0.1) is 11.3 Å². The van der Waals surface area contributed by atoms with E-state index >= 15 is 0 Å². The van der Waals surface area contributed by atoms with Gasteiger partial charge in [-0.1, -0.05) is 20.8 Å². The highest BCUT2D eigenvalue weighted by atomic mass is 32.1. The smallest absolute Gasteiger partial charge is 0.255 e. The number of carbonyl (C=O) groups excluding carboxylic acids is 2. The Hall–Kier alpha value is -3.26. The van der Waals surface area contributed by atoms with Crippen LogP contribution in [0.15, 0.2) is 41.1 Å². The van der Waals surface area contributed by atoms with E-state index in [2.05, 4.69) is 36.1 Å². The molecule has 0 aliphatic carbocycles. The molecule has 0 aliphatic heterocycles. The first-order chi connectivity index (χ1) is 15.6. The topological polar surface area (TPSA) is 101 Å². The molecule has 1 atom stereocenters. The van der Waals surface area contributed by atoms with Gasteiger partial charge in [0.25, 0.3) is 5.91 Å². The van der Waals surface area contributed by atoms with Gasteiger partial charge < -0.3 is 14.7 Å². The van der Waals surface area contributed by atoms with Crippen molar-refractivity contribution < 1.29 is 14.0 Å². The number of nitrogens with one attached hydrogen (secondary N) is 2. The molecule has 0 bridgehead atoms. The third kappa shape index (κ3) is 5.06. The van der Waals surface area contributed by atoms with Crippen LogP contribution in [0.25, 0.3) is 21.7 Å². The summed E-state index contributed by atoms with van der Waals surface area (Å²) in [5, 5.41) is 3.05. The van der Waals surface area contributed by atoms with Gasteiger partial charge in [0.1, 0.15) is 17.0 Å². The predicted octanol–water partition coefficient (Wildman–Crippen LogP) is 5.57. The third-order valence-electron chi connectivity index (χ3n) is 5.80. The number of hydrogen-bond donors (Lipinski definition) is 2. The first-order valence-corrected chi connectivity index (χ1v) is 11.8. The molecular weight excluding hydrogens is 436 g/mol. The number of ketones is 1. The van der Waals surface area contributed by atoms with E-state index in [-0.39, 0.29) is 23.1 Å². The van der Waals surface area contributed by atoms with Crippen molar-refractivity contribution >= 4 is 34.2 Å². The van der Waals surface area contributed by atoms with E-state index in [1.165, 1.54) is 11.3 Å². The molecule has 0 fully saturated rings. The number of H-pyrrole nitrogens is 1. The number of rotatable bonds is 7. The normalized spacial score (nSPS) is 12.8. The summed E-state index contributed by atoms with van der Waals surface area (Å²) in [7, 11) is 0. The molecule has 33 heavy (non-hydrogen) atoms. The van der Waals surface area contributed by atoms with Crippen LogP contribution in [0.3, 0.4) is 0 Å². The van der Waals surface area contributed by atoms with Crippen LogP contribution >= 0.6 is 11.3 Å². The minimum Gasteiger partial charge on any atom is -0.466 e. The Bertz CT molecular complexity index is 1310. The van der Waals surface area contributed by atoms with Crippen LogP contribution in [0.1, 0.15) is 65.7 Å². The van der Waals surface area contributed by atoms with E-state index < -0.39 is 0 Å². The highest BCUT2D eigenvalue weighted by molar-refractivity contribution is 7.17. The molecule has 4 heterocycles. The molecule has 0 saturated heterocycles.